The Kier molecular flexibility index (Phi) is 4.66. The van der Waals surface area contributed by atoms with Crippen molar-refractivity contribution in [1.29, 1.82) is 0 Å². The Hall–Kier alpha value is -1.71. The molecule has 0 spiro atoms. The lowest BCUT2D eigenvalue weighted by molar-refractivity contribution is 0.144. The van der Waals surface area contributed by atoms with Crippen LogP contribution in [0.2, 0.25) is 0 Å². The topological polar surface area (TPSA) is 32.3 Å². The van der Waals surface area contributed by atoms with Crippen molar-refractivity contribution in [2.24, 2.45) is 0 Å². The molecule has 0 aliphatic rings. The molecule has 0 fully saturated rings. The molecule has 19 heavy (non-hydrogen) atoms. The number of aliphatic hydroxyl groups is 1. The average molecular weight is 259 g/mol. The molecular weight excluding hydrogens is 241 g/mol. The Bertz CT molecular complexity index is 498. The Morgan fingerprint density at radius 2 is 1.63 bits per heavy atom. The number of aliphatic hydroxyl groups excluding tert-OH is 1. The maximum Gasteiger partial charge on any atom is 0.123 e. The Balaban J connectivity index is 2.26. The summed E-state index contributed by atoms with van der Waals surface area (Å²) in [7, 11) is 1.85. The van der Waals surface area contributed by atoms with Gasteiger partial charge in [-0.2, -0.15) is 0 Å². The first-order chi connectivity index (χ1) is 9.22. The molecule has 0 heterocycles. The lowest BCUT2D eigenvalue weighted by Gasteiger charge is -2.23. The normalized spacial score (nSPS) is 14.1. The number of hydrogen-bond donors (Lipinski definition) is 2. The highest BCUT2D eigenvalue weighted by atomic mass is 19.1. The molecule has 0 aliphatic heterocycles. The van der Waals surface area contributed by atoms with Crippen molar-refractivity contribution >= 4 is 0 Å². The molecule has 0 bridgehead atoms. The molecule has 2 aromatic carbocycles. The molecule has 0 aliphatic carbocycles. The fourth-order valence-electron chi connectivity index (χ4n) is 2.22. The molecule has 0 radical (unpaired) electrons. The minimum atomic E-state index is -0.657. The fraction of sp³-hybridized carbons (Fsp3) is 0.250. The van der Waals surface area contributed by atoms with Gasteiger partial charge in [0.05, 0.1) is 6.10 Å². The first kappa shape index (κ1) is 13.7. The zero-order valence-corrected chi connectivity index (χ0v) is 10.9. The maximum absolute atomic E-state index is 12.9. The standard InChI is InChI=1S/C16H18FNO/c1-18-11-15(12-5-3-2-4-6-12)16(19)13-7-9-14(17)10-8-13/h2-10,15-16,18-19H,11H2,1H3/t15-,16-/m0/s1. The Labute approximate surface area is 112 Å². The van der Waals surface area contributed by atoms with E-state index in [2.05, 4.69) is 5.32 Å². The number of benzene rings is 2. The largest absolute Gasteiger partial charge is 0.388 e. The molecule has 100 valence electrons. The van der Waals surface area contributed by atoms with Crippen LogP contribution in [0.5, 0.6) is 0 Å². The molecule has 2 rings (SSSR count). The van der Waals surface area contributed by atoms with Crippen LogP contribution in [-0.4, -0.2) is 18.7 Å². The highest BCUT2D eigenvalue weighted by Crippen LogP contribution is 2.30. The number of hydrogen-bond acceptors (Lipinski definition) is 2. The van der Waals surface area contributed by atoms with Crippen molar-refractivity contribution < 1.29 is 9.50 Å². The molecule has 2 N–H and O–H groups in total. The lowest BCUT2D eigenvalue weighted by atomic mass is 9.89. The predicted octanol–water partition coefficient (Wildman–Crippen LogP) is 2.86. The molecule has 0 saturated heterocycles. The Morgan fingerprint density at radius 1 is 1.00 bits per heavy atom. The summed E-state index contributed by atoms with van der Waals surface area (Å²) in [6.07, 6.45) is -0.657. The highest BCUT2D eigenvalue weighted by molar-refractivity contribution is 5.27. The third-order valence-corrected chi connectivity index (χ3v) is 3.24. The summed E-state index contributed by atoms with van der Waals surface area (Å²) >= 11 is 0. The molecule has 0 unspecified atom stereocenters. The van der Waals surface area contributed by atoms with Gasteiger partial charge in [0.1, 0.15) is 5.82 Å². The van der Waals surface area contributed by atoms with Crippen molar-refractivity contribution in [3.63, 3.8) is 0 Å². The fourth-order valence-corrected chi connectivity index (χ4v) is 2.22. The molecular formula is C16H18FNO. The summed E-state index contributed by atoms with van der Waals surface area (Å²) < 4.78 is 12.9. The van der Waals surface area contributed by atoms with Crippen LogP contribution in [-0.2, 0) is 0 Å². The van der Waals surface area contributed by atoms with Crippen molar-refractivity contribution in [3.8, 4) is 0 Å². The second kappa shape index (κ2) is 6.45. The second-order valence-corrected chi connectivity index (χ2v) is 4.57. The number of nitrogens with one attached hydrogen (secondary N) is 1. The van der Waals surface area contributed by atoms with Crippen LogP contribution in [0.4, 0.5) is 4.39 Å². The molecule has 2 aromatic rings. The van der Waals surface area contributed by atoms with E-state index in [1.807, 2.05) is 37.4 Å². The quantitative estimate of drug-likeness (QED) is 0.865. The summed E-state index contributed by atoms with van der Waals surface area (Å²) in [5.74, 6) is -0.350. The van der Waals surface area contributed by atoms with Crippen molar-refractivity contribution in [3.05, 3.63) is 71.5 Å². The van der Waals surface area contributed by atoms with Gasteiger partial charge < -0.3 is 10.4 Å². The molecule has 0 saturated carbocycles. The van der Waals surface area contributed by atoms with Gasteiger partial charge in [-0.3, -0.25) is 0 Å². The van der Waals surface area contributed by atoms with E-state index in [0.717, 1.165) is 11.1 Å². The summed E-state index contributed by atoms with van der Waals surface area (Å²) in [6.45, 7) is 0.655. The van der Waals surface area contributed by atoms with Gasteiger partial charge in [0.2, 0.25) is 0 Å². The summed E-state index contributed by atoms with van der Waals surface area (Å²) in [6, 6.07) is 15.9. The number of likely N-dealkylation sites (N-methyl/N-ethyl adjacent to an activating group) is 1. The molecule has 2 nitrogen and oxygen atoms in total. The van der Waals surface area contributed by atoms with Crippen LogP contribution >= 0.6 is 0 Å². The lowest BCUT2D eigenvalue weighted by Crippen LogP contribution is -2.23. The summed E-state index contributed by atoms with van der Waals surface area (Å²) in [5, 5.41) is 13.6. The van der Waals surface area contributed by atoms with Crippen molar-refractivity contribution in [2.75, 3.05) is 13.6 Å². The van der Waals surface area contributed by atoms with E-state index in [-0.39, 0.29) is 11.7 Å². The zero-order valence-electron chi connectivity index (χ0n) is 10.9. The first-order valence-electron chi connectivity index (χ1n) is 6.35. The van der Waals surface area contributed by atoms with Gasteiger partial charge >= 0.3 is 0 Å². The third kappa shape index (κ3) is 3.40. The summed E-state index contributed by atoms with van der Waals surface area (Å²) in [4.78, 5) is 0. The van der Waals surface area contributed by atoms with Gasteiger partial charge in [0, 0.05) is 12.5 Å². The second-order valence-electron chi connectivity index (χ2n) is 4.57. The van der Waals surface area contributed by atoms with Crippen molar-refractivity contribution in [2.45, 2.75) is 12.0 Å². The molecule has 3 heteroatoms. The molecule has 0 aromatic heterocycles. The molecule has 0 amide bonds. The average Bonchev–Trinajstić information content (AvgIpc) is 2.46. The van der Waals surface area contributed by atoms with E-state index in [0.29, 0.717) is 6.54 Å². The zero-order chi connectivity index (χ0) is 13.7. The highest BCUT2D eigenvalue weighted by Gasteiger charge is 2.21. The van der Waals surface area contributed by atoms with Gasteiger partial charge in [0.25, 0.3) is 0 Å². The van der Waals surface area contributed by atoms with Crippen LogP contribution < -0.4 is 5.32 Å². The van der Waals surface area contributed by atoms with Gasteiger partial charge in [-0.05, 0) is 30.3 Å². The number of rotatable bonds is 5. The first-order valence-corrected chi connectivity index (χ1v) is 6.35. The maximum atomic E-state index is 12.9. The monoisotopic (exact) mass is 259 g/mol. The van der Waals surface area contributed by atoms with Gasteiger partial charge in [-0.15, -0.1) is 0 Å². The third-order valence-electron chi connectivity index (χ3n) is 3.24. The Morgan fingerprint density at radius 3 is 2.21 bits per heavy atom. The van der Waals surface area contributed by atoms with Crippen LogP contribution in [0, 0.1) is 5.82 Å². The van der Waals surface area contributed by atoms with E-state index in [4.69, 9.17) is 0 Å². The van der Waals surface area contributed by atoms with E-state index in [1.165, 1.54) is 12.1 Å². The van der Waals surface area contributed by atoms with E-state index in [9.17, 15) is 9.50 Å². The molecule has 2 atom stereocenters. The SMILES string of the molecule is CNC[C@@H](c1ccccc1)[C@@H](O)c1ccc(F)cc1. The minimum Gasteiger partial charge on any atom is -0.388 e. The summed E-state index contributed by atoms with van der Waals surface area (Å²) in [5.41, 5.74) is 1.79. The smallest absolute Gasteiger partial charge is 0.123 e. The van der Waals surface area contributed by atoms with Crippen LogP contribution in [0.1, 0.15) is 23.1 Å². The van der Waals surface area contributed by atoms with Crippen LogP contribution in [0.3, 0.4) is 0 Å². The minimum absolute atomic E-state index is 0.0586. The number of halogens is 1. The van der Waals surface area contributed by atoms with E-state index in [1.54, 1.807) is 12.1 Å². The van der Waals surface area contributed by atoms with Gasteiger partial charge in [0.15, 0.2) is 0 Å². The van der Waals surface area contributed by atoms with Crippen LogP contribution in [0.15, 0.2) is 54.6 Å². The van der Waals surface area contributed by atoms with Gasteiger partial charge in [-0.1, -0.05) is 42.5 Å². The van der Waals surface area contributed by atoms with E-state index >= 15 is 0 Å². The van der Waals surface area contributed by atoms with E-state index < -0.39 is 6.10 Å². The predicted molar refractivity (Wildman–Crippen MR) is 74.5 cm³/mol. The van der Waals surface area contributed by atoms with Crippen LogP contribution in [0.25, 0.3) is 0 Å². The van der Waals surface area contributed by atoms with Gasteiger partial charge in [-0.25, -0.2) is 4.39 Å². The van der Waals surface area contributed by atoms with Crippen molar-refractivity contribution in [1.82, 2.24) is 5.32 Å².